The van der Waals surface area contributed by atoms with Crippen LogP contribution in [0.4, 0.5) is 0 Å². The van der Waals surface area contributed by atoms with E-state index in [9.17, 15) is 0 Å². The Kier molecular flexibility index (Phi) is 3.94. The zero-order chi connectivity index (χ0) is 11.7. The molecule has 6 unspecified atom stereocenters. The SMILES string of the molecule is CC1CC(C)C(N)C(C2CCCCC2C)C1. The van der Waals surface area contributed by atoms with Gasteiger partial charge in [-0.05, 0) is 48.9 Å². The Morgan fingerprint density at radius 2 is 1.50 bits per heavy atom. The molecular weight excluding hydrogens is 194 g/mol. The Morgan fingerprint density at radius 3 is 2.19 bits per heavy atom. The first kappa shape index (κ1) is 12.4. The molecule has 0 radical (unpaired) electrons. The maximum atomic E-state index is 6.48. The van der Waals surface area contributed by atoms with Crippen molar-refractivity contribution < 1.29 is 0 Å². The second kappa shape index (κ2) is 5.08. The first-order chi connectivity index (χ1) is 7.59. The molecule has 6 atom stereocenters. The molecule has 2 fully saturated rings. The molecule has 2 saturated carbocycles. The van der Waals surface area contributed by atoms with E-state index in [1.54, 1.807) is 0 Å². The average Bonchev–Trinajstić information content (AvgIpc) is 2.24. The summed E-state index contributed by atoms with van der Waals surface area (Å²) in [4.78, 5) is 0. The molecule has 1 heteroatoms. The van der Waals surface area contributed by atoms with Crippen molar-refractivity contribution in [3.63, 3.8) is 0 Å². The molecule has 0 heterocycles. The van der Waals surface area contributed by atoms with Gasteiger partial charge < -0.3 is 5.73 Å². The van der Waals surface area contributed by atoms with Gasteiger partial charge in [-0.15, -0.1) is 0 Å². The van der Waals surface area contributed by atoms with E-state index in [0.717, 1.165) is 29.6 Å². The van der Waals surface area contributed by atoms with E-state index in [4.69, 9.17) is 5.73 Å². The third-order valence-electron chi connectivity index (χ3n) is 5.33. The summed E-state index contributed by atoms with van der Waals surface area (Å²) in [6.07, 6.45) is 8.51. The molecule has 16 heavy (non-hydrogen) atoms. The van der Waals surface area contributed by atoms with Crippen LogP contribution in [0.5, 0.6) is 0 Å². The van der Waals surface area contributed by atoms with Gasteiger partial charge in [0.25, 0.3) is 0 Å². The number of rotatable bonds is 1. The van der Waals surface area contributed by atoms with Crippen LogP contribution in [-0.2, 0) is 0 Å². The van der Waals surface area contributed by atoms with Crippen molar-refractivity contribution >= 4 is 0 Å². The summed E-state index contributed by atoms with van der Waals surface area (Å²) in [5.41, 5.74) is 6.48. The number of hydrogen-bond acceptors (Lipinski definition) is 1. The van der Waals surface area contributed by atoms with E-state index in [2.05, 4.69) is 20.8 Å². The second-order valence-corrected chi connectivity index (χ2v) is 6.72. The minimum Gasteiger partial charge on any atom is -0.327 e. The van der Waals surface area contributed by atoms with Crippen LogP contribution in [0.1, 0.15) is 59.3 Å². The van der Waals surface area contributed by atoms with E-state index < -0.39 is 0 Å². The van der Waals surface area contributed by atoms with Gasteiger partial charge in [0.15, 0.2) is 0 Å². The van der Waals surface area contributed by atoms with Gasteiger partial charge in [-0.1, -0.05) is 40.0 Å². The van der Waals surface area contributed by atoms with E-state index in [-0.39, 0.29) is 0 Å². The van der Waals surface area contributed by atoms with Gasteiger partial charge in [-0.25, -0.2) is 0 Å². The van der Waals surface area contributed by atoms with Gasteiger partial charge in [0.2, 0.25) is 0 Å². The fourth-order valence-corrected chi connectivity index (χ4v) is 4.37. The lowest BCUT2D eigenvalue weighted by Crippen LogP contribution is -2.47. The summed E-state index contributed by atoms with van der Waals surface area (Å²) < 4.78 is 0. The quantitative estimate of drug-likeness (QED) is 0.718. The van der Waals surface area contributed by atoms with Crippen molar-refractivity contribution in [2.75, 3.05) is 0 Å². The molecule has 1 nitrogen and oxygen atoms in total. The van der Waals surface area contributed by atoms with Crippen molar-refractivity contribution in [3.8, 4) is 0 Å². The lowest BCUT2D eigenvalue weighted by molar-refractivity contribution is 0.0753. The minimum absolute atomic E-state index is 0.474. The largest absolute Gasteiger partial charge is 0.327 e. The van der Waals surface area contributed by atoms with Crippen molar-refractivity contribution in [2.45, 2.75) is 65.3 Å². The first-order valence-corrected chi connectivity index (χ1v) is 7.35. The topological polar surface area (TPSA) is 26.0 Å². The second-order valence-electron chi connectivity index (χ2n) is 6.72. The van der Waals surface area contributed by atoms with E-state index >= 15 is 0 Å². The zero-order valence-corrected chi connectivity index (χ0v) is 11.3. The summed E-state index contributed by atoms with van der Waals surface area (Å²) in [6.45, 7) is 7.24. The normalized spacial score (nSPS) is 50.2. The Balaban J connectivity index is 2.05. The maximum Gasteiger partial charge on any atom is 0.00959 e. The highest BCUT2D eigenvalue weighted by Crippen LogP contribution is 2.43. The first-order valence-electron chi connectivity index (χ1n) is 7.35. The van der Waals surface area contributed by atoms with Gasteiger partial charge in [0.1, 0.15) is 0 Å². The summed E-state index contributed by atoms with van der Waals surface area (Å²) in [5.74, 6) is 4.29. The van der Waals surface area contributed by atoms with Crippen molar-refractivity contribution in [1.29, 1.82) is 0 Å². The fourth-order valence-electron chi connectivity index (χ4n) is 4.37. The zero-order valence-electron chi connectivity index (χ0n) is 11.3. The Bertz CT molecular complexity index is 225. The van der Waals surface area contributed by atoms with Crippen LogP contribution in [-0.4, -0.2) is 6.04 Å². The number of hydrogen-bond donors (Lipinski definition) is 1. The average molecular weight is 223 g/mol. The lowest BCUT2D eigenvalue weighted by Gasteiger charge is -2.45. The maximum absolute atomic E-state index is 6.48. The van der Waals surface area contributed by atoms with Gasteiger partial charge in [0.05, 0.1) is 0 Å². The molecule has 0 aromatic heterocycles. The predicted octanol–water partition coefficient (Wildman–Crippen LogP) is 3.82. The van der Waals surface area contributed by atoms with Gasteiger partial charge >= 0.3 is 0 Å². The van der Waals surface area contributed by atoms with Crippen LogP contribution >= 0.6 is 0 Å². The molecule has 2 N–H and O–H groups in total. The van der Waals surface area contributed by atoms with Crippen LogP contribution in [0.2, 0.25) is 0 Å². The fraction of sp³-hybridized carbons (Fsp3) is 1.00. The highest BCUT2D eigenvalue weighted by molar-refractivity contribution is 4.91. The molecule has 0 aliphatic heterocycles. The smallest absolute Gasteiger partial charge is 0.00959 e. The lowest BCUT2D eigenvalue weighted by atomic mass is 9.62. The van der Waals surface area contributed by atoms with Crippen LogP contribution < -0.4 is 5.73 Å². The third-order valence-corrected chi connectivity index (χ3v) is 5.33. The standard InChI is InChI=1S/C15H29N/c1-10-8-12(3)15(16)14(9-10)13-7-5-4-6-11(13)2/h10-15H,4-9,16H2,1-3H3. The van der Waals surface area contributed by atoms with Crippen molar-refractivity contribution in [2.24, 2.45) is 35.3 Å². The molecule has 0 aromatic carbocycles. The van der Waals surface area contributed by atoms with Crippen LogP contribution in [0.15, 0.2) is 0 Å². The van der Waals surface area contributed by atoms with Crippen LogP contribution in [0.25, 0.3) is 0 Å². The molecular formula is C15H29N. The van der Waals surface area contributed by atoms with Crippen LogP contribution in [0.3, 0.4) is 0 Å². The molecule has 0 amide bonds. The third kappa shape index (κ3) is 2.45. The Morgan fingerprint density at radius 1 is 0.812 bits per heavy atom. The summed E-state index contributed by atoms with van der Waals surface area (Å²) in [6, 6.07) is 0.474. The van der Waals surface area contributed by atoms with Gasteiger partial charge in [0, 0.05) is 6.04 Å². The summed E-state index contributed by atoms with van der Waals surface area (Å²) in [7, 11) is 0. The molecule has 2 rings (SSSR count). The van der Waals surface area contributed by atoms with E-state index in [0.29, 0.717) is 6.04 Å². The Hall–Kier alpha value is -0.0400. The Labute approximate surface area is 101 Å². The monoisotopic (exact) mass is 223 g/mol. The highest BCUT2D eigenvalue weighted by atomic mass is 14.7. The number of nitrogens with two attached hydrogens (primary N) is 1. The molecule has 2 aliphatic rings. The van der Waals surface area contributed by atoms with Crippen molar-refractivity contribution in [1.82, 2.24) is 0 Å². The molecule has 0 bridgehead atoms. The molecule has 0 spiro atoms. The van der Waals surface area contributed by atoms with Crippen molar-refractivity contribution in [3.05, 3.63) is 0 Å². The van der Waals surface area contributed by atoms with Gasteiger partial charge in [-0.3, -0.25) is 0 Å². The molecule has 94 valence electrons. The molecule has 0 saturated heterocycles. The van der Waals surface area contributed by atoms with E-state index in [1.807, 2.05) is 0 Å². The summed E-state index contributed by atoms with van der Waals surface area (Å²) >= 11 is 0. The predicted molar refractivity (Wildman–Crippen MR) is 70.1 cm³/mol. The van der Waals surface area contributed by atoms with E-state index in [1.165, 1.54) is 38.5 Å². The molecule has 0 aromatic rings. The van der Waals surface area contributed by atoms with Crippen LogP contribution in [0, 0.1) is 29.6 Å². The molecule has 2 aliphatic carbocycles. The summed E-state index contributed by atoms with van der Waals surface area (Å²) in [5, 5.41) is 0. The highest BCUT2D eigenvalue weighted by Gasteiger charge is 2.38. The van der Waals surface area contributed by atoms with Gasteiger partial charge in [-0.2, -0.15) is 0 Å². The minimum atomic E-state index is 0.474.